The molecule has 1 rings (SSSR count). The molecule has 0 saturated heterocycles. The molecule has 1 unspecified atom stereocenters. The van der Waals surface area contributed by atoms with Gasteiger partial charge in [0.05, 0.1) is 6.07 Å². The molecule has 0 amide bonds. The summed E-state index contributed by atoms with van der Waals surface area (Å²) in [6, 6.07) is 10.0. The fourth-order valence-electron chi connectivity index (χ4n) is 1.47. The van der Waals surface area contributed by atoms with Crippen LogP contribution in [0.3, 0.4) is 0 Å². The van der Waals surface area contributed by atoms with Gasteiger partial charge in [-0.1, -0.05) is 29.8 Å². The molecular weight excluding hydrogens is 186 g/mol. The highest BCUT2D eigenvalue weighted by atomic mass is 16.1. The number of benzene rings is 1. The summed E-state index contributed by atoms with van der Waals surface area (Å²) in [5.41, 5.74) is 1.29. The lowest BCUT2D eigenvalue weighted by Crippen LogP contribution is -2.26. The predicted octanol–water partition coefficient (Wildman–Crippen LogP) is 2.66. The molecule has 0 aliphatic heterocycles. The normalized spacial score (nSPS) is 14.0. The van der Waals surface area contributed by atoms with Crippen LogP contribution in [0.25, 0.3) is 0 Å². The first-order valence-electron chi connectivity index (χ1n) is 4.96. The van der Waals surface area contributed by atoms with Crippen molar-refractivity contribution in [2.45, 2.75) is 27.2 Å². The Labute approximate surface area is 90.5 Å². The molecule has 0 bridgehead atoms. The smallest absolute Gasteiger partial charge is 0.150 e. The van der Waals surface area contributed by atoms with Gasteiger partial charge < -0.3 is 0 Å². The number of Topliss-reactive ketones (excluding diaryl/α,β-unsaturated/α-hetero) is 1. The molecule has 0 aromatic heterocycles. The number of carbonyl (C=O) groups is 1. The Balaban J connectivity index is 2.95. The maximum absolute atomic E-state index is 11.4. The van der Waals surface area contributed by atoms with Gasteiger partial charge >= 0.3 is 0 Å². The van der Waals surface area contributed by atoms with Gasteiger partial charge in [0.25, 0.3) is 0 Å². The van der Waals surface area contributed by atoms with Gasteiger partial charge in [0.1, 0.15) is 11.2 Å². The average Bonchev–Trinajstić information content (AvgIpc) is 2.17. The lowest BCUT2D eigenvalue weighted by Gasteiger charge is -2.17. The van der Waals surface area contributed by atoms with Crippen LogP contribution >= 0.6 is 0 Å². The predicted molar refractivity (Wildman–Crippen MR) is 59.3 cm³/mol. The van der Waals surface area contributed by atoms with Crippen molar-refractivity contribution < 1.29 is 4.79 Å². The number of hydrogen-bond acceptors (Lipinski definition) is 2. The van der Waals surface area contributed by atoms with E-state index in [1.165, 1.54) is 6.92 Å². The minimum absolute atomic E-state index is 0.0773. The van der Waals surface area contributed by atoms with Gasteiger partial charge in [-0.15, -0.1) is 0 Å². The van der Waals surface area contributed by atoms with Crippen LogP contribution < -0.4 is 0 Å². The third kappa shape index (κ3) is 2.66. The highest BCUT2D eigenvalue weighted by Crippen LogP contribution is 2.23. The highest BCUT2D eigenvalue weighted by molar-refractivity contribution is 5.85. The Hall–Kier alpha value is -1.62. The number of nitriles is 1. The number of carbonyl (C=O) groups excluding carboxylic acids is 1. The van der Waals surface area contributed by atoms with Crippen molar-refractivity contribution >= 4 is 5.78 Å². The third-order valence-electron chi connectivity index (χ3n) is 2.66. The summed E-state index contributed by atoms with van der Waals surface area (Å²) < 4.78 is 0. The van der Waals surface area contributed by atoms with Crippen LogP contribution in [0, 0.1) is 23.7 Å². The molecule has 0 aliphatic rings. The first-order chi connectivity index (χ1) is 6.98. The van der Waals surface area contributed by atoms with Gasteiger partial charge in [0.2, 0.25) is 0 Å². The summed E-state index contributed by atoms with van der Waals surface area (Å²) in [7, 11) is 0. The minimum Gasteiger partial charge on any atom is -0.298 e. The first-order valence-corrected chi connectivity index (χ1v) is 4.96. The molecule has 2 nitrogen and oxygen atoms in total. The number of nitrogens with zero attached hydrogens (tertiary/aromatic N) is 1. The van der Waals surface area contributed by atoms with Crippen LogP contribution in [0.5, 0.6) is 0 Å². The Morgan fingerprint density at radius 3 is 2.67 bits per heavy atom. The molecule has 0 heterocycles. The first kappa shape index (κ1) is 11.5. The summed E-state index contributed by atoms with van der Waals surface area (Å²) in [5, 5.41) is 9.02. The second-order valence-corrected chi connectivity index (χ2v) is 4.17. The lowest BCUT2D eigenvalue weighted by atomic mass is 9.81. The van der Waals surface area contributed by atoms with Crippen molar-refractivity contribution in [3.8, 4) is 6.07 Å². The second kappa shape index (κ2) is 4.27. The zero-order valence-electron chi connectivity index (χ0n) is 9.37. The fourth-order valence-corrected chi connectivity index (χ4v) is 1.47. The van der Waals surface area contributed by atoms with E-state index >= 15 is 0 Å². The minimum atomic E-state index is -0.895. The van der Waals surface area contributed by atoms with Gasteiger partial charge in [0.15, 0.2) is 0 Å². The van der Waals surface area contributed by atoms with Crippen LogP contribution in [0.4, 0.5) is 0 Å². The molecule has 1 aromatic rings. The van der Waals surface area contributed by atoms with E-state index in [9.17, 15) is 4.79 Å². The molecule has 0 fully saturated rings. The summed E-state index contributed by atoms with van der Waals surface area (Å²) in [5.74, 6) is -0.0773. The number of aryl methyl sites for hydroxylation is 1. The zero-order valence-corrected chi connectivity index (χ0v) is 9.37. The van der Waals surface area contributed by atoms with Crippen LogP contribution in [0.1, 0.15) is 25.0 Å². The monoisotopic (exact) mass is 201 g/mol. The second-order valence-electron chi connectivity index (χ2n) is 4.17. The van der Waals surface area contributed by atoms with Crippen molar-refractivity contribution in [2.24, 2.45) is 5.41 Å². The Kier molecular flexibility index (Phi) is 3.26. The van der Waals surface area contributed by atoms with Gasteiger partial charge in [0, 0.05) is 0 Å². The van der Waals surface area contributed by atoms with Crippen molar-refractivity contribution in [3.05, 3.63) is 35.4 Å². The Morgan fingerprint density at radius 2 is 2.20 bits per heavy atom. The van der Waals surface area contributed by atoms with Crippen molar-refractivity contribution in [1.82, 2.24) is 0 Å². The van der Waals surface area contributed by atoms with Crippen molar-refractivity contribution in [1.29, 1.82) is 5.26 Å². The van der Waals surface area contributed by atoms with Gasteiger partial charge in [-0.05, 0) is 32.8 Å². The molecule has 0 aliphatic carbocycles. The topological polar surface area (TPSA) is 40.9 Å². The average molecular weight is 201 g/mol. The molecule has 0 spiro atoms. The summed E-state index contributed by atoms with van der Waals surface area (Å²) >= 11 is 0. The molecule has 0 saturated carbocycles. The summed E-state index contributed by atoms with van der Waals surface area (Å²) in [6.07, 6.45) is 0.487. The zero-order chi connectivity index (χ0) is 11.5. The Bertz CT molecular complexity index is 417. The van der Waals surface area contributed by atoms with Crippen molar-refractivity contribution in [3.63, 3.8) is 0 Å². The molecule has 78 valence electrons. The van der Waals surface area contributed by atoms with Crippen LogP contribution in [-0.2, 0) is 11.2 Å². The van der Waals surface area contributed by atoms with E-state index in [0.717, 1.165) is 11.1 Å². The number of hydrogen-bond donors (Lipinski definition) is 0. The van der Waals surface area contributed by atoms with E-state index in [2.05, 4.69) is 6.07 Å². The van der Waals surface area contributed by atoms with E-state index in [1.807, 2.05) is 31.2 Å². The standard InChI is InChI=1S/C13H15NO/c1-10-5-4-6-12(7-10)8-13(3,9-14)11(2)15/h4-7H,8H2,1-3H3. The van der Waals surface area contributed by atoms with Gasteiger partial charge in [-0.2, -0.15) is 5.26 Å². The number of ketones is 1. The SMILES string of the molecule is CC(=O)C(C)(C#N)Cc1cccc(C)c1. The third-order valence-corrected chi connectivity index (χ3v) is 2.66. The summed E-state index contributed by atoms with van der Waals surface area (Å²) in [6.45, 7) is 5.16. The molecule has 0 radical (unpaired) electrons. The van der Waals surface area contributed by atoms with Gasteiger partial charge in [-0.3, -0.25) is 4.79 Å². The van der Waals surface area contributed by atoms with E-state index in [-0.39, 0.29) is 5.78 Å². The molecule has 1 aromatic carbocycles. The Morgan fingerprint density at radius 1 is 1.53 bits per heavy atom. The van der Waals surface area contributed by atoms with Gasteiger partial charge in [-0.25, -0.2) is 0 Å². The van der Waals surface area contributed by atoms with Crippen molar-refractivity contribution in [2.75, 3.05) is 0 Å². The quantitative estimate of drug-likeness (QED) is 0.754. The number of rotatable bonds is 3. The maximum Gasteiger partial charge on any atom is 0.150 e. The van der Waals surface area contributed by atoms with Crippen LogP contribution in [0.2, 0.25) is 0 Å². The molecule has 0 N–H and O–H groups in total. The molecule has 2 heteroatoms. The fraction of sp³-hybridized carbons (Fsp3) is 0.385. The van der Waals surface area contributed by atoms with E-state index in [0.29, 0.717) is 6.42 Å². The van der Waals surface area contributed by atoms with E-state index in [1.54, 1.807) is 6.92 Å². The van der Waals surface area contributed by atoms with E-state index < -0.39 is 5.41 Å². The lowest BCUT2D eigenvalue weighted by molar-refractivity contribution is -0.123. The van der Waals surface area contributed by atoms with Crippen LogP contribution in [0.15, 0.2) is 24.3 Å². The van der Waals surface area contributed by atoms with Crippen LogP contribution in [-0.4, -0.2) is 5.78 Å². The highest BCUT2D eigenvalue weighted by Gasteiger charge is 2.29. The molecule has 1 atom stereocenters. The molecular formula is C13H15NO. The van der Waals surface area contributed by atoms with E-state index in [4.69, 9.17) is 5.26 Å². The summed E-state index contributed by atoms with van der Waals surface area (Å²) in [4.78, 5) is 11.4. The largest absolute Gasteiger partial charge is 0.298 e. The maximum atomic E-state index is 11.4. The molecule has 15 heavy (non-hydrogen) atoms.